The number of hydrogen-bond acceptors (Lipinski definition) is 7. The minimum absolute atomic E-state index is 0.00902. The second-order valence-corrected chi connectivity index (χ2v) is 13.3. The molecule has 2 aromatic rings. The quantitative estimate of drug-likeness (QED) is 0.371. The Morgan fingerprint density at radius 2 is 2.00 bits per heavy atom. The van der Waals surface area contributed by atoms with Gasteiger partial charge in [0, 0.05) is 12.3 Å². The molecule has 3 N–H and O–H groups in total. The number of nitrogens with zero attached hydrogens (tertiary/aromatic N) is 1. The van der Waals surface area contributed by atoms with Crippen LogP contribution in [0.25, 0.3) is 10.2 Å². The maximum absolute atomic E-state index is 13.6. The van der Waals surface area contributed by atoms with Gasteiger partial charge < -0.3 is 20.3 Å². The molecule has 2 saturated heterocycles. The number of fused-ring (bicyclic) bond motifs is 2. The molecule has 0 saturated carbocycles. The Morgan fingerprint density at radius 1 is 1.26 bits per heavy atom. The van der Waals surface area contributed by atoms with Crippen LogP contribution in [-0.2, 0) is 14.3 Å². The minimum Gasteiger partial charge on any atom is -0.392 e. The molecule has 2 aliphatic heterocycles. The van der Waals surface area contributed by atoms with Crippen LogP contribution in [0.3, 0.4) is 0 Å². The van der Waals surface area contributed by atoms with Crippen LogP contribution in [0.4, 0.5) is 0 Å². The van der Waals surface area contributed by atoms with Crippen molar-refractivity contribution < 1.29 is 24.5 Å². The third kappa shape index (κ3) is 6.03. The summed E-state index contributed by atoms with van der Waals surface area (Å²) in [4.78, 5) is 31.5. The second kappa shape index (κ2) is 11.2. The van der Waals surface area contributed by atoms with Crippen LogP contribution < -0.4 is 5.32 Å². The van der Waals surface area contributed by atoms with E-state index in [9.17, 15) is 19.8 Å². The van der Waals surface area contributed by atoms with Crippen LogP contribution in [-0.4, -0.2) is 50.8 Å². The van der Waals surface area contributed by atoms with Crippen LogP contribution in [0, 0.1) is 24.2 Å². The van der Waals surface area contributed by atoms with E-state index in [0.29, 0.717) is 12.8 Å². The van der Waals surface area contributed by atoms with E-state index in [4.69, 9.17) is 4.74 Å². The Kier molecular flexibility index (Phi) is 8.48. The van der Waals surface area contributed by atoms with Gasteiger partial charge in [-0.1, -0.05) is 39.3 Å². The molecular weight excluding hydrogens is 500 g/mol. The Labute approximate surface area is 229 Å². The van der Waals surface area contributed by atoms with E-state index in [-0.39, 0.29) is 41.8 Å². The lowest BCUT2D eigenvalue weighted by molar-refractivity contribution is -0.144. The lowest BCUT2D eigenvalue weighted by Gasteiger charge is -2.36. The summed E-state index contributed by atoms with van der Waals surface area (Å²) in [5.41, 5.74) is 0.346. The molecule has 1 aromatic carbocycles. The maximum atomic E-state index is 13.6. The number of nitrogens with one attached hydrogen (secondary N) is 1. The van der Waals surface area contributed by atoms with E-state index in [1.165, 1.54) is 0 Å². The number of hydrogen-bond donors (Lipinski definition) is 3. The molecule has 4 rings (SSSR count). The predicted octanol–water partition coefficient (Wildman–Crippen LogP) is 5.03. The van der Waals surface area contributed by atoms with Gasteiger partial charge in [0.15, 0.2) is 0 Å². The molecule has 208 valence electrons. The van der Waals surface area contributed by atoms with Gasteiger partial charge in [0.1, 0.15) is 5.78 Å². The standard InChI is InChI=1S/C30H42N2O5S/c1-7-9-20-27(35)17(2)10-8-13-30(6)25(37-30)15-21(19-11-12-23-22(14-19)31-18(3)38-23)32-26(34)16-24(33)29(4,5)28(20)36/h7,11-12,14,17,20-21,24-25,27,33,35H,1,8-10,13,15-16H2,2-6H3,(H,32,34)/t17-,20-,21+,24+,25+,27-,30-/m1/s1. The van der Waals surface area contributed by atoms with Crippen molar-refractivity contribution in [3.63, 3.8) is 0 Å². The summed E-state index contributed by atoms with van der Waals surface area (Å²) in [7, 11) is 0. The minimum atomic E-state index is -1.21. The summed E-state index contributed by atoms with van der Waals surface area (Å²) < 4.78 is 7.25. The number of Topliss-reactive ketones (excluding diaryl/α,β-unsaturated/α-hetero) is 1. The van der Waals surface area contributed by atoms with Crippen molar-refractivity contribution >= 4 is 33.2 Å². The lowest BCUT2D eigenvalue weighted by atomic mass is 9.71. The fourth-order valence-corrected chi connectivity index (χ4v) is 6.63. The molecule has 38 heavy (non-hydrogen) atoms. The topological polar surface area (TPSA) is 112 Å². The first-order valence-electron chi connectivity index (χ1n) is 13.7. The second-order valence-electron chi connectivity index (χ2n) is 12.0. The molecule has 3 heterocycles. The van der Waals surface area contributed by atoms with Gasteiger partial charge in [-0.3, -0.25) is 9.59 Å². The molecule has 1 aromatic heterocycles. The Bertz CT molecular complexity index is 1190. The van der Waals surface area contributed by atoms with Gasteiger partial charge in [0.05, 0.1) is 57.0 Å². The Balaban J connectivity index is 1.63. The molecule has 8 heteroatoms. The van der Waals surface area contributed by atoms with Gasteiger partial charge in [0.2, 0.25) is 5.91 Å². The average molecular weight is 543 g/mol. The highest BCUT2D eigenvalue weighted by Crippen LogP contribution is 2.46. The van der Waals surface area contributed by atoms with Crippen LogP contribution in [0.1, 0.15) is 82.8 Å². The number of aliphatic hydroxyl groups excluding tert-OH is 2. The number of rotatable bonds is 3. The number of allylic oxidation sites excluding steroid dienone is 1. The van der Waals surface area contributed by atoms with E-state index >= 15 is 0 Å². The first kappa shape index (κ1) is 28.9. The van der Waals surface area contributed by atoms with Crippen LogP contribution in [0.15, 0.2) is 30.9 Å². The maximum Gasteiger partial charge on any atom is 0.223 e. The zero-order chi connectivity index (χ0) is 27.8. The average Bonchev–Trinajstić information content (AvgIpc) is 3.32. The number of carbonyl (C=O) groups is 2. The molecule has 0 radical (unpaired) electrons. The number of aryl methyl sites for hydroxylation is 1. The summed E-state index contributed by atoms with van der Waals surface area (Å²) in [6.45, 7) is 13.1. The monoisotopic (exact) mass is 542 g/mol. The number of ether oxygens (including phenoxy) is 1. The molecule has 2 fully saturated rings. The molecule has 0 unspecified atom stereocenters. The van der Waals surface area contributed by atoms with Crippen molar-refractivity contribution in [1.82, 2.24) is 10.3 Å². The number of carbonyl (C=O) groups excluding carboxylic acids is 2. The van der Waals surface area contributed by atoms with Crippen LogP contribution in [0.2, 0.25) is 0 Å². The fraction of sp³-hybridized carbons (Fsp3) is 0.633. The van der Waals surface area contributed by atoms with Crippen molar-refractivity contribution in [3.05, 3.63) is 41.4 Å². The zero-order valence-electron chi connectivity index (χ0n) is 23.2. The number of amides is 1. The molecule has 0 aliphatic carbocycles. The van der Waals surface area contributed by atoms with Crippen LogP contribution >= 0.6 is 11.3 Å². The third-order valence-corrected chi connectivity index (χ3v) is 9.63. The number of epoxide rings is 1. The third-order valence-electron chi connectivity index (χ3n) is 8.67. The van der Waals surface area contributed by atoms with E-state index in [0.717, 1.165) is 40.1 Å². The Morgan fingerprint density at radius 3 is 2.71 bits per heavy atom. The van der Waals surface area contributed by atoms with E-state index in [1.807, 2.05) is 32.0 Å². The number of benzene rings is 1. The summed E-state index contributed by atoms with van der Waals surface area (Å²) >= 11 is 1.63. The van der Waals surface area contributed by atoms with Crippen molar-refractivity contribution in [1.29, 1.82) is 0 Å². The largest absolute Gasteiger partial charge is 0.392 e. The number of thiazole rings is 1. The number of aliphatic hydroxyl groups is 2. The van der Waals surface area contributed by atoms with Gasteiger partial charge >= 0.3 is 0 Å². The molecule has 1 amide bonds. The number of aromatic nitrogens is 1. The van der Waals surface area contributed by atoms with Gasteiger partial charge in [-0.05, 0) is 56.7 Å². The summed E-state index contributed by atoms with van der Waals surface area (Å²) in [6.07, 6.45) is 2.73. The first-order chi connectivity index (χ1) is 17.9. The predicted molar refractivity (Wildman–Crippen MR) is 150 cm³/mol. The molecule has 2 aliphatic rings. The summed E-state index contributed by atoms with van der Waals surface area (Å²) in [5, 5.41) is 26.3. The van der Waals surface area contributed by atoms with Crippen molar-refractivity contribution in [2.45, 2.75) is 103 Å². The SMILES string of the molecule is C=CC[C@H]1C(=O)C(C)(C)[C@@H](O)CC(=O)N[C@H](c2ccc3sc(C)nc3c2)C[C@@H]2O[C@]2(C)CCC[C@@H](C)[C@H]1O. The van der Waals surface area contributed by atoms with Gasteiger partial charge in [-0.25, -0.2) is 4.98 Å². The highest BCUT2D eigenvalue weighted by Gasteiger charge is 2.52. The lowest BCUT2D eigenvalue weighted by Crippen LogP contribution is -2.47. The van der Waals surface area contributed by atoms with Crippen molar-refractivity contribution in [3.8, 4) is 0 Å². The number of ketones is 1. The molecule has 7 nitrogen and oxygen atoms in total. The van der Waals surface area contributed by atoms with Gasteiger partial charge in [0.25, 0.3) is 0 Å². The first-order valence-corrected chi connectivity index (χ1v) is 14.5. The fourth-order valence-electron chi connectivity index (χ4n) is 5.83. The van der Waals surface area contributed by atoms with Gasteiger partial charge in [-0.2, -0.15) is 0 Å². The summed E-state index contributed by atoms with van der Waals surface area (Å²) in [6, 6.07) is 5.77. The van der Waals surface area contributed by atoms with E-state index in [1.54, 1.807) is 31.3 Å². The van der Waals surface area contributed by atoms with E-state index < -0.39 is 23.5 Å². The van der Waals surface area contributed by atoms with Crippen LogP contribution in [0.5, 0.6) is 0 Å². The van der Waals surface area contributed by atoms with Crippen molar-refractivity contribution in [2.75, 3.05) is 0 Å². The molecule has 0 spiro atoms. The van der Waals surface area contributed by atoms with Crippen molar-refractivity contribution in [2.24, 2.45) is 17.3 Å². The van der Waals surface area contributed by atoms with Gasteiger partial charge in [-0.15, -0.1) is 17.9 Å². The highest BCUT2D eigenvalue weighted by atomic mass is 32.1. The molecular formula is C30H42N2O5S. The Hall–Kier alpha value is -2.13. The zero-order valence-corrected chi connectivity index (χ0v) is 24.0. The normalized spacial score (nSPS) is 34.9. The highest BCUT2D eigenvalue weighted by molar-refractivity contribution is 7.18. The molecule has 0 bridgehead atoms. The van der Waals surface area contributed by atoms with E-state index in [2.05, 4.69) is 23.8 Å². The summed E-state index contributed by atoms with van der Waals surface area (Å²) in [5.74, 6) is -1.37. The molecule has 7 atom stereocenters. The smallest absolute Gasteiger partial charge is 0.223 e.